The molecule has 1 saturated heterocycles. The van der Waals surface area contributed by atoms with Crippen LogP contribution in [0.1, 0.15) is 23.9 Å². The molecule has 1 aliphatic rings. The predicted octanol–water partition coefficient (Wildman–Crippen LogP) is 2.73. The van der Waals surface area contributed by atoms with E-state index in [1.165, 1.54) is 39.9 Å². The van der Waals surface area contributed by atoms with Crippen molar-refractivity contribution < 1.29 is 13.3 Å². The molecular weight excluding hydrogens is 408 g/mol. The molecule has 1 atom stereocenters. The zero-order valence-electron chi connectivity index (χ0n) is 11.6. The maximum Gasteiger partial charge on any atom is 0.289 e. The van der Waals surface area contributed by atoms with E-state index in [9.17, 15) is 18.5 Å². The summed E-state index contributed by atoms with van der Waals surface area (Å²) in [6.07, 6.45) is 1.28. The van der Waals surface area contributed by atoms with Gasteiger partial charge in [0.05, 0.1) is 11.0 Å². The van der Waals surface area contributed by atoms with E-state index < -0.39 is 26.7 Å². The third-order valence-corrected chi connectivity index (χ3v) is 6.97. The van der Waals surface area contributed by atoms with Gasteiger partial charge in [-0.05, 0) is 34.8 Å². The van der Waals surface area contributed by atoms with Crippen LogP contribution in [-0.4, -0.2) is 34.4 Å². The van der Waals surface area contributed by atoms with Gasteiger partial charge in [-0.2, -0.15) is 4.31 Å². The molecule has 0 unspecified atom stereocenters. The van der Waals surface area contributed by atoms with Crippen LogP contribution in [0.2, 0.25) is 0 Å². The number of para-hydroxylation sites is 1. The van der Waals surface area contributed by atoms with Crippen molar-refractivity contribution >= 4 is 43.0 Å². The first-order valence-electron chi connectivity index (χ1n) is 6.65. The molecule has 0 aliphatic carbocycles. The SMILES string of the molecule is O=[N+]([O-])c1ccccc1S(=O)(=O)N1CCC[C@@H]1c1nnc(Br)s1. The third-order valence-electron chi connectivity index (χ3n) is 3.55. The fourth-order valence-corrected chi connectivity index (χ4v) is 5.76. The van der Waals surface area contributed by atoms with Crippen molar-refractivity contribution in [3.8, 4) is 0 Å². The fraction of sp³-hybridized carbons (Fsp3) is 0.333. The number of aromatic nitrogens is 2. The number of hydrogen-bond acceptors (Lipinski definition) is 7. The second kappa shape index (κ2) is 6.23. The molecule has 1 aromatic heterocycles. The second-order valence-electron chi connectivity index (χ2n) is 4.89. The summed E-state index contributed by atoms with van der Waals surface area (Å²) >= 11 is 4.48. The molecule has 23 heavy (non-hydrogen) atoms. The van der Waals surface area contributed by atoms with E-state index in [0.29, 0.717) is 28.3 Å². The van der Waals surface area contributed by atoms with Crippen LogP contribution in [-0.2, 0) is 10.0 Å². The van der Waals surface area contributed by atoms with Crippen molar-refractivity contribution in [3.05, 3.63) is 43.3 Å². The number of sulfonamides is 1. The molecule has 1 aromatic carbocycles. The van der Waals surface area contributed by atoms with Crippen LogP contribution in [0.15, 0.2) is 33.1 Å². The number of nitrogens with zero attached hydrogens (tertiary/aromatic N) is 4. The van der Waals surface area contributed by atoms with Gasteiger partial charge in [0.15, 0.2) is 8.81 Å². The minimum Gasteiger partial charge on any atom is -0.258 e. The maximum absolute atomic E-state index is 12.9. The largest absolute Gasteiger partial charge is 0.289 e. The monoisotopic (exact) mass is 418 g/mol. The number of benzene rings is 1. The first-order valence-corrected chi connectivity index (χ1v) is 9.70. The minimum atomic E-state index is -3.99. The van der Waals surface area contributed by atoms with Crippen molar-refractivity contribution in [2.24, 2.45) is 0 Å². The van der Waals surface area contributed by atoms with Gasteiger partial charge in [-0.1, -0.05) is 23.5 Å². The van der Waals surface area contributed by atoms with Gasteiger partial charge in [-0.25, -0.2) is 8.42 Å². The molecule has 1 aliphatic heterocycles. The lowest BCUT2D eigenvalue weighted by Gasteiger charge is -2.21. The quantitative estimate of drug-likeness (QED) is 0.557. The molecule has 0 bridgehead atoms. The van der Waals surface area contributed by atoms with E-state index in [0.717, 1.165) is 0 Å². The summed E-state index contributed by atoms with van der Waals surface area (Å²) < 4.78 is 27.7. The van der Waals surface area contributed by atoms with Crippen LogP contribution in [0.4, 0.5) is 5.69 Å². The topological polar surface area (TPSA) is 106 Å². The summed E-state index contributed by atoms with van der Waals surface area (Å²) in [5.74, 6) is 0. The third kappa shape index (κ3) is 3.01. The standard InChI is InChI=1S/C12H11BrN4O4S2/c13-12-15-14-11(22-12)9-5-3-7-16(9)23(20,21)10-6-2-1-4-8(10)17(18)19/h1-2,4,6,9H,3,5,7H2/t9-/m1/s1. The minimum absolute atomic E-state index is 0.291. The van der Waals surface area contributed by atoms with Gasteiger partial charge in [-0.3, -0.25) is 10.1 Å². The molecule has 0 amide bonds. The van der Waals surface area contributed by atoms with Gasteiger partial charge in [0.2, 0.25) is 0 Å². The highest BCUT2D eigenvalue weighted by molar-refractivity contribution is 9.11. The summed E-state index contributed by atoms with van der Waals surface area (Å²) in [4.78, 5) is 10.2. The van der Waals surface area contributed by atoms with Crippen LogP contribution in [0.25, 0.3) is 0 Å². The molecule has 0 N–H and O–H groups in total. The molecule has 0 spiro atoms. The molecular formula is C12H11BrN4O4S2. The van der Waals surface area contributed by atoms with Gasteiger partial charge < -0.3 is 0 Å². The Morgan fingerprint density at radius 2 is 2.09 bits per heavy atom. The summed E-state index contributed by atoms with van der Waals surface area (Å²) in [7, 11) is -3.99. The first-order chi connectivity index (χ1) is 10.9. The summed E-state index contributed by atoms with van der Waals surface area (Å²) in [5.41, 5.74) is -0.420. The highest BCUT2D eigenvalue weighted by atomic mass is 79.9. The molecule has 8 nitrogen and oxygen atoms in total. The summed E-state index contributed by atoms with van der Waals surface area (Å²) in [6.45, 7) is 0.302. The fourth-order valence-electron chi connectivity index (χ4n) is 2.58. The zero-order valence-corrected chi connectivity index (χ0v) is 14.8. The van der Waals surface area contributed by atoms with Crippen LogP contribution in [0.3, 0.4) is 0 Å². The Balaban J connectivity index is 2.04. The van der Waals surface area contributed by atoms with Crippen molar-refractivity contribution in [3.63, 3.8) is 0 Å². The molecule has 2 heterocycles. The summed E-state index contributed by atoms with van der Waals surface area (Å²) in [6, 6.07) is 4.94. The Morgan fingerprint density at radius 1 is 1.35 bits per heavy atom. The van der Waals surface area contributed by atoms with E-state index in [4.69, 9.17) is 0 Å². The van der Waals surface area contributed by atoms with Crippen molar-refractivity contribution in [2.45, 2.75) is 23.8 Å². The Kier molecular flexibility index (Phi) is 4.45. The number of nitro benzene ring substituents is 1. The molecule has 3 rings (SSSR count). The zero-order chi connectivity index (χ0) is 16.6. The number of nitro groups is 1. The molecule has 2 aromatic rings. The Labute approximate surface area is 144 Å². The maximum atomic E-state index is 12.9. The van der Waals surface area contributed by atoms with E-state index >= 15 is 0 Å². The van der Waals surface area contributed by atoms with Crippen molar-refractivity contribution in [1.29, 1.82) is 0 Å². The van der Waals surface area contributed by atoms with E-state index in [2.05, 4.69) is 26.1 Å². The average Bonchev–Trinajstić information content (AvgIpc) is 3.15. The van der Waals surface area contributed by atoms with Crippen molar-refractivity contribution in [1.82, 2.24) is 14.5 Å². The predicted molar refractivity (Wildman–Crippen MR) is 86.6 cm³/mol. The van der Waals surface area contributed by atoms with E-state index in [-0.39, 0.29) is 4.90 Å². The van der Waals surface area contributed by atoms with Gasteiger partial charge >= 0.3 is 0 Å². The lowest BCUT2D eigenvalue weighted by molar-refractivity contribution is -0.387. The number of hydrogen-bond donors (Lipinski definition) is 0. The molecule has 11 heteroatoms. The van der Waals surface area contributed by atoms with Crippen LogP contribution in [0.5, 0.6) is 0 Å². The molecule has 0 radical (unpaired) electrons. The van der Waals surface area contributed by atoms with Crippen LogP contribution >= 0.6 is 27.3 Å². The average molecular weight is 419 g/mol. The summed E-state index contributed by atoms with van der Waals surface area (Å²) in [5, 5.41) is 19.6. The van der Waals surface area contributed by atoms with E-state index in [1.54, 1.807) is 0 Å². The highest BCUT2D eigenvalue weighted by Gasteiger charge is 2.40. The Bertz CT molecular complexity index is 854. The lowest BCUT2D eigenvalue weighted by Crippen LogP contribution is -2.31. The van der Waals surface area contributed by atoms with Crippen LogP contribution < -0.4 is 0 Å². The van der Waals surface area contributed by atoms with Gasteiger partial charge in [-0.15, -0.1) is 10.2 Å². The highest BCUT2D eigenvalue weighted by Crippen LogP contribution is 2.39. The Morgan fingerprint density at radius 3 is 2.74 bits per heavy atom. The second-order valence-corrected chi connectivity index (χ2v) is 9.04. The number of halogens is 1. The van der Waals surface area contributed by atoms with Gasteiger partial charge in [0.25, 0.3) is 15.7 Å². The number of rotatable bonds is 4. The first kappa shape index (κ1) is 16.4. The Hall–Kier alpha value is -1.43. The molecule has 0 saturated carbocycles. The lowest BCUT2D eigenvalue weighted by atomic mass is 10.2. The normalized spacial score (nSPS) is 19.1. The van der Waals surface area contributed by atoms with Crippen LogP contribution in [0, 0.1) is 10.1 Å². The van der Waals surface area contributed by atoms with Gasteiger partial charge in [0, 0.05) is 12.6 Å². The van der Waals surface area contributed by atoms with Crippen molar-refractivity contribution in [2.75, 3.05) is 6.54 Å². The molecule has 1 fully saturated rings. The van der Waals surface area contributed by atoms with E-state index in [1.807, 2.05) is 0 Å². The van der Waals surface area contributed by atoms with Gasteiger partial charge in [0.1, 0.15) is 5.01 Å². The smallest absolute Gasteiger partial charge is 0.258 e. The molecule has 122 valence electrons.